The third-order valence-corrected chi connectivity index (χ3v) is 4.27. The molecule has 2 rings (SSSR count). The van der Waals surface area contributed by atoms with Gasteiger partial charge >= 0.3 is 5.97 Å². The van der Waals surface area contributed by atoms with E-state index >= 15 is 0 Å². The number of ether oxygens (including phenoxy) is 1. The molecule has 0 fully saturated rings. The van der Waals surface area contributed by atoms with Crippen LogP contribution >= 0.6 is 11.6 Å². The molecule has 0 bridgehead atoms. The molecule has 1 N–H and O–H groups in total. The fourth-order valence-corrected chi connectivity index (χ4v) is 2.67. The molecule has 25 heavy (non-hydrogen) atoms. The second-order valence-corrected chi connectivity index (χ2v) is 6.29. The minimum absolute atomic E-state index is 0.0989. The van der Waals surface area contributed by atoms with E-state index in [0.29, 0.717) is 18.5 Å². The SMILES string of the molecule is CCOC(=O)c1ccc(NC(=O)CCc2ccc(C)c(C)c2)cc1Cl. The molecule has 0 heterocycles. The lowest BCUT2D eigenvalue weighted by molar-refractivity contribution is -0.116. The lowest BCUT2D eigenvalue weighted by atomic mass is 10.0. The van der Waals surface area contributed by atoms with E-state index in [1.165, 1.54) is 11.1 Å². The Morgan fingerprint density at radius 1 is 1.08 bits per heavy atom. The average molecular weight is 360 g/mol. The minimum Gasteiger partial charge on any atom is -0.462 e. The van der Waals surface area contributed by atoms with Crippen molar-refractivity contribution in [2.24, 2.45) is 0 Å². The number of amides is 1. The molecule has 0 saturated carbocycles. The standard InChI is InChI=1S/C20H22ClNO3/c1-4-25-20(24)17-9-8-16(12-18(17)21)22-19(23)10-7-15-6-5-13(2)14(3)11-15/h5-6,8-9,11-12H,4,7,10H2,1-3H3,(H,22,23). The average Bonchev–Trinajstić information content (AvgIpc) is 2.56. The minimum atomic E-state index is -0.472. The first-order valence-corrected chi connectivity index (χ1v) is 8.61. The predicted octanol–water partition coefficient (Wildman–Crippen LogP) is 4.70. The zero-order chi connectivity index (χ0) is 18.4. The summed E-state index contributed by atoms with van der Waals surface area (Å²) in [5, 5.41) is 3.06. The molecule has 0 aliphatic carbocycles. The highest BCUT2D eigenvalue weighted by Gasteiger charge is 2.12. The van der Waals surface area contributed by atoms with Crippen molar-refractivity contribution in [3.63, 3.8) is 0 Å². The van der Waals surface area contributed by atoms with E-state index in [1.807, 2.05) is 6.07 Å². The Hall–Kier alpha value is -2.33. The van der Waals surface area contributed by atoms with Crippen molar-refractivity contribution < 1.29 is 14.3 Å². The summed E-state index contributed by atoms with van der Waals surface area (Å²) in [5.41, 5.74) is 4.44. The summed E-state index contributed by atoms with van der Waals surface area (Å²) in [6.07, 6.45) is 1.04. The largest absolute Gasteiger partial charge is 0.462 e. The number of carbonyl (C=O) groups excluding carboxylic acids is 2. The Bertz CT molecular complexity index is 787. The molecule has 132 valence electrons. The van der Waals surface area contributed by atoms with Crippen molar-refractivity contribution in [3.05, 3.63) is 63.7 Å². The van der Waals surface area contributed by atoms with Crippen molar-refractivity contribution in [1.82, 2.24) is 0 Å². The van der Waals surface area contributed by atoms with E-state index in [1.54, 1.807) is 25.1 Å². The van der Waals surface area contributed by atoms with E-state index in [2.05, 4.69) is 31.3 Å². The molecule has 4 nitrogen and oxygen atoms in total. The van der Waals surface area contributed by atoms with Gasteiger partial charge in [-0.2, -0.15) is 0 Å². The molecule has 0 aromatic heterocycles. The van der Waals surface area contributed by atoms with Crippen LogP contribution in [0.2, 0.25) is 5.02 Å². The van der Waals surface area contributed by atoms with Crippen LogP contribution in [0.4, 0.5) is 5.69 Å². The molecule has 0 aliphatic heterocycles. The van der Waals surface area contributed by atoms with Crippen LogP contribution in [0, 0.1) is 13.8 Å². The number of aryl methyl sites for hydroxylation is 3. The summed E-state index contributed by atoms with van der Waals surface area (Å²) in [5.74, 6) is -0.571. The number of carbonyl (C=O) groups is 2. The van der Waals surface area contributed by atoms with Crippen LogP contribution in [0.5, 0.6) is 0 Å². The van der Waals surface area contributed by atoms with Gasteiger partial charge in [0.15, 0.2) is 0 Å². The monoisotopic (exact) mass is 359 g/mol. The Labute approximate surface area is 153 Å². The van der Waals surface area contributed by atoms with Crippen molar-refractivity contribution in [2.45, 2.75) is 33.6 Å². The first kappa shape index (κ1) is 19.0. The lowest BCUT2D eigenvalue weighted by Crippen LogP contribution is -2.13. The molecule has 1 amide bonds. The van der Waals surface area contributed by atoms with Gasteiger partial charge in [0.2, 0.25) is 5.91 Å². The number of nitrogens with one attached hydrogen (secondary N) is 1. The van der Waals surface area contributed by atoms with Gasteiger partial charge in [-0.1, -0.05) is 29.8 Å². The quantitative estimate of drug-likeness (QED) is 0.760. The van der Waals surface area contributed by atoms with Crippen LogP contribution in [0.15, 0.2) is 36.4 Å². The number of hydrogen-bond acceptors (Lipinski definition) is 3. The van der Waals surface area contributed by atoms with Crippen LogP contribution in [0.25, 0.3) is 0 Å². The van der Waals surface area contributed by atoms with Crippen LogP contribution in [-0.4, -0.2) is 18.5 Å². The topological polar surface area (TPSA) is 55.4 Å². The summed E-state index contributed by atoms with van der Waals surface area (Å²) >= 11 is 6.10. The molecule has 0 saturated heterocycles. The number of rotatable bonds is 6. The van der Waals surface area contributed by atoms with Crippen molar-refractivity contribution in [2.75, 3.05) is 11.9 Å². The molecule has 5 heteroatoms. The first-order valence-electron chi connectivity index (χ1n) is 8.23. The molecule has 2 aromatic rings. The number of benzene rings is 2. The number of esters is 1. The summed E-state index contributed by atoms with van der Waals surface area (Å²) in [4.78, 5) is 23.8. The summed E-state index contributed by atoms with van der Waals surface area (Å²) in [6.45, 7) is 6.14. The Morgan fingerprint density at radius 2 is 1.84 bits per heavy atom. The highest BCUT2D eigenvalue weighted by atomic mass is 35.5. The highest BCUT2D eigenvalue weighted by Crippen LogP contribution is 2.22. The predicted molar refractivity (Wildman–Crippen MR) is 100 cm³/mol. The molecular formula is C20H22ClNO3. The van der Waals surface area contributed by atoms with Crippen LogP contribution < -0.4 is 5.32 Å². The Balaban J connectivity index is 1.95. The van der Waals surface area contributed by atoms with Gasteiger partial charge in [-0.05, 0) is 62.1 Å². The summed E-state index contributed by atoms with van der Waals surface area (Å²) < 4.78 is 4.92. The number of hydrogen-bond donors (Lipinski definition) is 1. The van der Waals surface area contributed by atoms with E-state index in [9.17, 15) is 9.59 Å². The van der Waals surface area contributed by atoms with Gasteiger partial charge in [-0.3, -0.25) is 4.79 Å². The Kier molecular flexibility index (Phi) is 6.59. The Morgan fingerprint density at radius 3 is 2.48 bits per heavy atom. The smallest absolute Gasteiger partial charge is 0.339 e. The van der Waals surface area contributed by atoms with Gasteiger partial charge in [0, 0.05) is 12.1 Å². The van der Waals surface area contributed by atoms with Crippen molar-refractivity contribution in [1.29, 1.82) is 0 Å². The lowest BCUT2D eigenvalue weighted by Gasteiger charge is -2.09. The molecule has 0 aliphatic rings. The van der Waals surface area contributed by atoms with Crippen LogP contribution in [0.3, 0.4) is 0 Å². The van der Waals surface area contributed by atoms with Crippen LogP contribution in [-0.2, 0) is 16.0 Å². The van der Waals surface area contributed by atoms with Gasteiger partial charge in [0.25, 0.3) is 0 Å². The maximum Gasteiger partial charge on any atom is 0.339 e. The van der Waals surface area contributed by atoms with E-state index in [0.717, 1.165) is 5.56 Å². The zero-order valence-corrected chi connectivity index (χ0v) is 15.4. The molecule has 2 aromatic carbocycles. The molecule has 0 unspecified atom stereocenters. The fraction of sp³-hybridized carbons (Fsp3) is 0.300. The molecule has 0 spiro atoms. The fourth-order valence-electron chi connectivity index (χ4n) is 2.41. The first-order chi connectivity index (χ1) is 11.9. The van der Waals surface area contributed by atoms with Gasteiger partial charge in [0.05, 0.1) is 17.2 Å². The van der Waals surface area contributed by atoms with Crippen molar-refractivity contribution >= 4 is 29.2 Å². The molecule has 0 atom stereocenters. The van der Waals surface area contributed by atoms with Crippen molar-refractivity contribution in [3.8, 4) is 0 Å². The third-order valence-electron chi connectivity index (χ3n) is 3.96. The maximum atomic E-state index is 12.1. The maximum absolute atomic E-state index is 12.1. The molecular weight excluding hydrogens is 338 g/mol. The zero-order valence-electron chi connectivity index (χ0n) is 14.7. The normalized spacial score (nSPS) is 10.4. The second kappa shape index (κ2) is 8.67. The highest BCUT2D eigenvalue weighted by molar-refractivity contribution is 6.34. The second-order valence-electron chi connectivity index (χ2n) is 5.88. The van der Waals surface area contributed by atoms with E-state index in [4.69, 9.17) is 16.3 Å². The van der Waals surface area contributed by atoms with Gasteiger partial charge < -0.3 is 10.1 Å². The summed E-state index contributed by atoms with van der Waals surface area (Å²) in [6, 6.07) is 11.0. The number of anilines is 1. The molecule has 0 radical (unpaired) electrons. The van der Waals surface area contributed by atoms with E-state index < -0.39 is 5.97 Å². The van der Waals surface area contributed by atoms with Crippen LogP contribution in [0.1, 0.15) is 40.4 Å². The van der Waals surface area contributed by atoms with Gasteiger partial charge in [0.1, 0.15) is 0 Å². The van der Waals surface area contributed by atoms with E-state index in [-0.39, 0.29) is 23.1 Å². The number of halogens is 1. The van der Waals surface area contributed by atoms with Gasteiger partial charge in [-0.25, -0.2) is 4.79 Å². The third kappa shape index (κ3) is 5.33. The van der Waals surface area contributed by atoms with Gasteiger partial charge in [-0.15, -0.1) is 0 Å². The summed E-state index contributed by atoms with van der Waals surface area (Å²) in [7, 11) is 0.